The van der Waals surface area contributed by atoms with Crippen LogP contribution in [0.5, 0.6) is 0 Å². The number of rotatable bonds is 6. The minimum absolute atomic E-state index is 0.0147. The van der Waals surface area contributed by atoms with Gasteiger partial charge in [-0.2, -0.15) is 0 Å². The number of amides is 1. The summed E-state index contributed by atoms with van der Waals surface area (Å²) < 4.78 is 30.7. The molecule has 1 aliphatic carbocycles. The summed E-state index contributed by atoms with van der Waals surface area (Å²) in [5.41, 5.74) is 2.26. The number of sulfone groups is 1. The summed E-state index contributed by atoms with van der Waals surface area (Å²) in [6.07, 6.45) is 2.23. The number of hydrogen-bond acceptors (Lipinski definition) is 5. The van der Waals surface area contributed by atoms with Gasteiger partial charge in [0.15, 0.2) is 16.4 Å². The fraction of sp³-hybridized carbons (Fsp3) is 0.667. The van der Waals surface area contributed by atoms with Gasteiger partial charge in [-0.15, -0.1) is 0 Å². The van der Waals surface area contributed by atoms with Crippen LogP contribution >= 0.6 is 0 Å². The molecule has 0 N–H and O–H groups in total. The van der Waals surface area contributed by atoms with Crippen LogP contribution in [0.25, 0.3) is 0 Å². The van der Waals surface area contributed by atoms with Crippen LogP contribution in [-0.4, -0.2) is 60.0 Å². The lowest BCUT2D eigenvalue weighted by Gasteiger charge is -2.28. The monoisotopic (exact) mass is 382 g/mol. The number of carbonyl (C=O) groups excluding carboxylic acids is 2. The molecule has 8 heteroatoms. The van der Waals surface area contributed by atoms with Gasteiger partial charge in [-0.3, -0.25) is 4.79 Å². The second-order valence-corrected chi connectivity index (χ2v) is 9.42. The number of carbonyl (C=O) groups is 2. The summed E-state index contributed by atoms with van der Waals surface area (Å²) in [5.74, 6) is -0.675. The maximum absolute atomic E-state index is 12.6. The number of hydrogen-bond donors (Lipinski definition) is 0. The smallest absolute Gasteiger partial charge is 0.340 e. The van der Waals surface area contributed by atoms with E-state index in [0.29, 0.717) is 12.0 Å². The van der Waals surface area contributed by atoms with Crippen LogP contribution < -0.4 is 0 Å². The topological polar surface area (TPSA) is 85.7 Å². The van der Waals surface area contributed by atoms with Crippen molar-refractivity contribution in [3.05, 3.63) is 23.0 Å². The minimum Gasteiger partial charge on any atom is -0.452 e. The molecule has 0 aromatic carbocycles. The molecule has 0 radical (unpaired) electrons. The minimum atomic E-state index is -3.07. The SMILES string of the molecule is CCn1c(C)cc(C(=O)OCC(=O)N(C2CC2)[C@@H]2CCS(=O)(=O)C2)c1C. The predicted molar refractivity (Wildman–Crippen MR) is 96.8 cm³/mol. The summed E-state index contributed by atoms with van der Waals surface area (Å²) in [7, 11) is -3.07. The van der Waals surface area contributed by atoms with E-state index in [1.54, 1.807) is 11.0 Å². The first kappa shape index (κ1) is 18.9. The van der Waals surface area contributed by atoms with Gasteiger partial charge in [0.05, 0.1) is 17.1 Å². The molecule has 2 fully saturated rings. The fourth-order valence-corrected chi connectivity index (χ4v) is 5.54. The molecule has 1 amide bonds. The number of aryl methyl sites for hydroxylation is 1. The molecule has 26 heavy (non-hydrogen) atoms. The van der Waals surface area contributed by atoms with E-state index in [4.69, 9.17) is 4.74 Å². The van der Waals surface area contributed by atoms with E-state index in [0.717, 1.165) is 30.8 Å². The molecular formula is C18H26N2O5S. The van der Waals surface area contributed by atoms with Crippen molar-refractivity contribution in [2.45, 2.75) is 58.7 Å². The number of aromatic nitrogens is 1. The quantitative estimate of drug-likeness (QED) is 0.696. The lowest BCUT2D eigenvalue weighted by atomic mass is 10.2. The van der Waals surface area contributed by atoms with Crippen LogP contribution in [0.4, 0.5) is 0 Å². The van der Waals surface area contributed by atoms with Crippen LogP contribution in [0.2, 0.25) is 0 Å². The molecule has 1 atom stereocenters. The molecule has 144 valence electrons. The van der Waals surface area contributed by atoms with Crippen molar-refractivity contribution in [1.29, 1.82) is 0 Å². The van der Waals surface area contributed by atoms with E-state index in [-0.39, 0.29) is 36.1 Å². The van der Waals surface area contributed by atoms with E-state index in [2.05, 4.69) is 0 Å². The highest BCUT2D eigenvalue weighted by Gasteiger charge is 2.42. The third-order valence-electron chi connectivity index (χ3n) is 5.27. The van der Waals surface area contributed by atoms with Crippen molar-refractivity contribution in [2.75, 3.05) is 18.1 Å². The summed E-state index contributed by atoms with van der Waals surface area (Å²) in [5, 5.41) is 0. The molecule has 1 saturated heterocycles. The van der Waals surface area contributed by atoms with Gasteiger partial charge in [-0.25, -0.2) is 13.2 Å². The van der Waals surface area contributed by atoms with Gasteiger partial charge in [0, 0.05) is 30.0 Å². The zero-order valence-corrected chi connectivity index (χ0v) is 16.3. The van der Waals surface area contributed by atoms with Crippen LogP contribution in [-0.2, 0) is 25.9 Å². The zero-order valence-electron chi connectivity index (χ0n) is 15.5. The normalized spacial score (nSPS) is 21.6. The van der Waals surface area contributed by atoms with Crippen LogP contribution in [0.15, 0.2) is 6.07 Å². The molecule has 0 bridgehead atoms. The number of esters is 1. The van der Waals surface area contributed by atoms with Gasteiger partial charge in [-0.05, 0) is 46.1 Å². The molecular weight excluding hydrogens is 356 g/mol. The summed E-state index contributed by atoms with van der Waals surface area (Å²) in [4.78, 5) is 26.6. The Labute approximate surface area is 154 Å². The van der Waals surface area contributed by atoms with E-state index in [1.165, 1.54) is 0 Å². The van der Waals surface area contributed by atoms with Crippen molar-refractivity contribution in [1.82, 2.24) is 9.47 Å². The maximum Gasteiger partial charge on any atom is 0.340 e. The highest BCUT2D eigenvalue weighted by molar-refractivity contribution is 7.91. The first-order valence-electron chi connectivity index (χ1n) is 9.09. The molecule has 1 aliphatic heterocycles. The molecule has 7 nitrogen and oxygen atoms in total. The van der Waals surface area contributed by atoms with Crippen molar-refractivity contribution in [3.8, 4) is 0 Å². The average molecular weight is 382 g/mol. The molecule has 2 heterocycles. The average Bonchev–Trinajstić information content (AvgIpc) is 3.27. The Bertz CT molecular complexity index is 823. The lowest BCUT2D eigenvalue weighted by Crippen LogP contribution is -2.44. The molecule has 1 saturated carbocycles. The highest BCUT2D eigenvalue weighted by atomic mass is 32.2. The van der Waals surface area contributed by atoms with Gasteiger partial charge < -0.3 is 14.2 Å². The maximum atomic E-state index is 12.6. The molecule has 0 spiro atoms. The first-order chi connectivity index (χ1) is 12.2. The van der Waals surface area contributed by atoms with E-state index >= 15 is 0 Å². The Balaban J connectivity index is 1.64. The van der Waals surface area contributed by atoms with Gasteiger partial charge in [0.1, 0.15) is 0 Å². The van der Waals surface area contributed by atoms with Gasteiger partial charge in [0.25, 0.3) is 5.91 Å². The van der Waals surface area contributed by atoms with Crippen LogP contribution in [0.1, 0.15) is 47.9 Å². The summed E-state index contributed by atoms with van der Waals surface area (Å²) in [6.45, 7) is 6.20. The second-order valence-electron chi connectivity index (χ2n) is 7.19. The fourth-order valence-electron chi connectivity index (χ4n) is 3.83. The Hall–Kier alpha value is -1.83. The van der Waals surface area contributed by atoms with E-state index < -0.39 is 15.8 Å². The number of ether oxygens (including phenoxy) is 1. The predicted octanol–water partition coefficient (Wildman–Crippen LogP) is 1.46. The van der Waals surface area contributed by atoms with Crippen molar-refractivity contribution < 1.29 is 22.7 Å². The molecule has 3 rings (SSSR count). The standard InChI is InChI=1S/C18H26N2O5S/c1-4-19-12(2)9-16(13(19)3)18(22)25-10-17(21)20(14-5-6-14)15-7-8-26(23,24)11-15/h9,14-15H,4-8,10-11H2,1-3H3/t15-/m1/s1. The van der Waals surface area contributed by atoms with Crippen molar-refractivity contribution >= 4 is 21.7 Å². The van der Waals surface area contributed by atoms with Crippen molar-refractivity contribution in [3.63, 3.8) is 0 Å². The number of nitrogens with zero attached hydrogens (tertiary/aromatic N) is 2. The molecule has 1 aromatic heterocycles. The molecule has 1 aromatic rings. The second kappa shape index (κ2) is 7.06. The molecule has 0 unspecified atom stereocenters. The zero-order chi connectivity index (χ0) is 19.1. The van der Waals surface area contributed by atoms with E-state index in [1.807, 2.05) is 25.3 Å². The van der Waals surface area contributed by atoms with E-state index in [9.17, 15) is 18.0 Å². The summed E-state index contributed by atoms with van der Waals surface area (Å²) >= 11 is 0. The Kier molecular flexibility index (Phi) is 5.14. The largest absolute Gasteiger partial charge is 0.452 e. The van der Waals surface area contributed by atoms with Gasteiger partial charge in [0.2, 0.25) is 0 Å². The molecule has 2 aliphatic rings. The van der Waals surface area contributed by atoms with Crippen molar-refractivity contribution in [2.24, 2.45) is 0 Å². The van der Waals surface area contributed by atoms with Crippen LogP contribution in [0, 0.1) is 13.8 Å². The first-order valence-corrected chi connectivity index (χ1v) is 10.9. The lowest BCUT2D eigenvalue weighted by molar-refractivity contribution is -0.137. The third kappa shape index (κ3) is 3.79. The summed E-state index contributed by atoms with van der Waals surface area (Å²) in [6, 6.07) is 1.57. The Morgan fingerprint density at radius 1 is 1.23 bits per heavy atom. The van der Waals surface area contributed by atoms with Gasteiger partial charge in [-0.1, -0.05) is 0 Å². The highest BCUT2D eigenvalue weighted by Crippen LogP contribution is 2.32. The Morgan fingerprint density at radius 3 is 2.42 bits per heavy atom. The van der Waals surface area contributed by atoms with Gasteiger partial charge >= 0.3 is 5.97 Å². The third-order valence-corrected chi connectivity index (χ3v) is 7.02. The Morgan fingerprint density at radius 2 is 1.92 bits per heavy atom. The van der Waals surface area contributed by atoms with Crippen LogP contribution in [0.3, 0.4) is 0 Å².